The van der Waals surface area contributed by atoms with Gasteiger partial charge in [-0.25, -0.2) is 0 Å². The van der Waals surface area contributed by atoms with Gasteiger partial charge in [0.25, 0.3) is 0 Å². The van der Waals surface area contributed by atoms with E-state index in [0.29, 0.717) is 0 Å². The molecule has 0 saturated carbocycles. The molecule has 1 saturated heterocycles. The second-order valence-electron chi connectivity index (χ2n) is 3.55. The molecule has 0 radical (unpaired) electrons. The average Bonchev–Trinajstić information content (AvgIpc) is 2.27. The topological polar surface area (TPSA) is 46.2 Å². The van der Waals surface area contributed by atoms with E-state index in [2.05, 4.69) is 0 Å². The van der Waals surface area contributed by atoms with Gasteiger partial charge in [0, 0.05) is 28.4 Å². The molecule has 0 unspecified atom stereocenters. The highest BCUT2D eigenvalue weighted by Crippen LogP contribution is 2.26. The van der Waals surface area contributed by atoms with E-state index in [0.717, 1.165) is 0 Å². The van der Waals surface area contributed by atoms with Gasteiger partial charge in [0.2, 0.25) is 0 Å². The average molecular weight is 220 g/mol. The highest BCUT2D eigenvalue weighted by atomic mass is 16.7. The van der Waals surface area contributed by atoms with Crippen LogP contribution in [0.3, 0.4) is 0 Å². The second kappa shape index (κ2) is 5.77. The van der Waals surface area contributed by atoms with Gasteiger partial charge >= 0.3 is 0 Å². The van der Waals surface area contributed by atoms with E-state index in [1.54, 1.807) is 28.4 Å². The molecule has 15 heavy (non-hydrogen) atoms. The van der Waals surface area contributed by atoms with E-state index in [1.807, 2.05) is 6.92 Å². The summed E-state index contributed by atoms with van der Waals surface area (Å²) in [4.78, 5) is 0. The third-order valence-corrected chi connectivity index (χ3v) is 2.78. The Morgan fingerprint density at radius 3 is 1.67 bits per heavy atom. The summed E-state index contributed by atoms with van der Waals surface area (Å²) in [6.45, 7) is 1.93. The first-order valence-corrected chi connectivity index (χ1v) is 4.96. The van der Waals surface area contributed by atoms with Crippen molar-refractivity contribution in [3.63, 3.8) is 0 Å². The SMILES string of the molecule is CO[C@H]1O[C@H](C)[C@@H](OC)[C@H](OC)[C@H]1OC. The van der Waals surface area contributed by atoms with Crippen molar-refractivity contribution in [2.24, 2.45) is 0 Å². The van der Waals surface area contributed by atoms with E-state index in [1.165, 1.54) is 0 Å². The third-order valence-electron chi connectivity index (χ3n) is 2.78. The van der Waals surface area contributed by atoms with Gasteiger partial charge in [-0.2, -0.15) is 0 Å². The van der Waals surface area contributed by atoms with Crippen LogP contribution >= 0.6 is 0 Å². The van der Waals surface area contributed by atoms with Crippen LogP contribution in [0.2, 0.25) is 0 Å². The lowest BCUT2D eigenvalue weighted by Gasteiger charge is -2.43. The molecule has 1 fully saturated rings. The lowest BCUT2D eigenvalue weighted by molar-refractivity contribution is -0.298. The fourth-order valence-electron chi connectivity index (χ4n) is 2.00. The van der Waals surface area contributed by atoms with Crippen LogP contribution in [-0.2, 0) is 23.7 Å². The van der Waals surface area contributed by atoms with Gasteiger partial charge in [0.05, 0.1) is 6.10 Å². The zero-order valence-corrected chi connectivity index (χ0v) is 9.93. The van der Waals surface area contributed by atoms with Crippen LogP contribution in [0.5, 0.6) is 0 Å². The Labute approximate surface area is 90.6 Å². The number of hydrogen-bond acceptors (Lipinski definition) is 5. The van der Waals surface area contributed by atoms with Crippen LogP contribution in [0.25, 0.3) is 0 Å². The van der Waals surface area contributed by atoms with Crippen LogP contribution in [0, 0.1) is 0 Å². The zero-order chi connectivity index (χ0) is 11.4. The maximum Gasteiger partial charge on any atom is 0.186 e. The zero-order valence-electron chi connectivity index (χ0n) is 9.93. The first-order valence-electron chi connectivity index (χ1n) is 4.96. The Balaban J connectivity index is 2.80. The van der Waals surface area contributed by atoms with Crippen LogP contribution in [0.4, 0.5) is 0 Å². The highest BCUT2D eigenvalue weighted by molar-refractivity contribution is 4.90. The maximum absolute atomic E-state index is 5.62. The molecule has 0 aliphatic carbocycles. The number of rotatable bonds is 4. The van der Waals surface area contributed by atoms with Crippen molar-refractivity contribution in [3.8, 4) is 0 Å². The summed E-state index contributed by atoms with van der Waals surface area (Å²) in [6, 6.07) is 0. The third kappa shape index (κ3) is 2.49. The Bertz CT molecular complexity index is 187. The molecule has 0 aromatic rings. The van der Waals surface area contributed by atoms with Crippen molar-refractivity contribution in [1.29, 1.82) is 0 Å². The standard InChI is InChI=1S/C10H20O5/c1-6-7(11-2)8(12-3)9(13-4)10(14-5)15-6/h6-10H,1-5H3/t6-,7-,8+,9-,10+/m1/s1. The molecule has 5 atom stereocenters. The first kappa shape index (κ1) is 12.9. The summed E-state index contributed by atoms with van der Waals surface area (Å²) >= 11 is 0. The quantitative estimate of drug-likeness (QED) is 0.687. The summed E-state index contributed by atoms with van der Waals surface area (Å²) in [5.74, 6) is 0. The molecule has 5 nitrogen and oxygen atoms in total. The minimum atomic E-state index is -0.415. The van der Waals surface area contributed by atoms with Gasteiger partial charge in [-0.3, -0.25) is 0 Å². The van der Waals surface area contributed by atoms with Crippen LogP contribution in [0.1, 0.15) is 6.92 Å². The van der Waals surface area contributed by atoms with Crippen molar-refractivity contribution >= 4 is 0 Å². The lowest BCUT2D eigenvalue weighted by Crippen LogP contribution is -2.59. The van der Waals surface area contributed by atoms with Crippen molar-refractivity contribution in [1.82, 2.24) is 0 Å². The maximum atomic E-state index is 5.62. The van der Waals surface area contributed by atoms with Crippen molar-refractivity contribution in [2.45, 2.75) is 37.6 Å². The molecule has 1 aliphatic rings. The predicted octanol–water partition coefficient (Wildman–Crippen LogP) is 0.423. The molecule has 0 aromatic heterocycles. The minimum absolute atomic E-state index is 0.0868. The van der Waals surface area contributed by atoms with E-state index in [-0.39, 0.29) is 24.4 Å². The van der Waals surface area contributed by atoms with Crippen molar-refractivity contribution < 1.29 is 23.7 Å². The molecule has 1 heterocycles. The molecule has 0 amide bonds. The molecule has 1 aliphatic heterocycles. The van der Waals surface area contributed by atoms with Gasteiger partial charge in [-0.15, -0.1) is 0 Å². The van der Waals surface area contributed by atoms with Gasteiger partial charge < -0.3 is 23.7 Å². The number of ether oxygens (including phenoxy) is 5. The predicted molar refractivity (Wildman–Crippen MR) is 53.7 cm³/mol. The normalized spacial score (nSPS) is 41.8. The molecule has 0 N–H and O–H groups in total. The highest BCUT2D eigenvalue weighted by Gasteiger charge is 2.45. The van der Waals surface area contributed by atoms with Gasteiger partial charge in [-0.1, -0.05) is 0 Å². The molecular formula is C10H20O5. The number of methoxy groups -OCH3 is 4. The summed E-state index contributed by atoms with van der Waals surface area (Å²) in [5, 5.41) is 0. The number of hydrogen-bond donors (Lipinski definition) is 0. The first-order chi connectivity index (χ1) is 7.19. The lowest BCUT2D eigenvalue weighted by atomic mass is 9.99. The summed E-state index contributed by atoms with van der Waals surface area (Å²) in [7, 11) is 6.46. The van der Waals surface area contributed by atoms with E-state index < -0.39 is 6.29 Å². The summed E-state index contributed by atoms with van der Waals surface area (Å²) < 4.78 is 26.9. The van der Waals surface area contributed by atoms with Crippen LogP contribution in [0.15, 0.2) is 0 Å². The van der Waals surface area contributed by atoms with Crippen LogP contribution < -0.4 is 0 Å². The molecule has 90 valence electrons. The molecule has 1 rings (SSSR count). The minimum Gasteiger partial charge on any atom is -0.376 e. The van der Waals surface area contributed by atoms with E-state index in [4.69, 9.17) is 23.7 Å². The molecule has 0 spiro atoms. The van der Waals surface area contributed by atoms with E-state index >= 15 is 0 Å². The summed E-state index contributed by atoms with van der Waals surface area (Å²) in [5.41, 5.74) is 0. The van der Waals surface area contributed by atoms with Crippen LogP contribution in [-0.4, -0.2) is 59.1 Å². The smallest absolute Gasteiger partial charge is 0.186 e. The molecule has 0 bridgehead atoms. The fourth-order valence-corrected chi connectivity index (χ4v) is 2.00. The van der Waals surface area contributed by atoms with Gasteiger partial charge in [0.15, 0.2) is 6.29 Å². The molecule has 5 heteroatoms. The van der Waals surface area contributed by atoms with Gasteiger partial charge in [-0.05, 0) is 6.92 Å². The Morgan fingerprint density at radius 2 is 1.27 bits per heavy atom. The van der Waals surface area contributed by atoms with E-state index in [9.17, 15) is 0 Å². The molecular weight excluding hydrogens is 200 g/mol. The largest absolute Gasteiger partial charge is 0.376 e. The Hall–Kier alpha value is -0.200. The van der Waals surface area contributed by atoms with Gasteiger partial charge in [0.1, 0.15) is 18.3 Å². The Kier molecular flexibility index (Phi) is 4.95. The summed E-state index contributed by atoms with van der Waals surface area (Å²) in [6.07, 6.45) is -1.11. The second-order valence-corrected chi connectivity index (χ2v) is 3.55. The van der Waals surface area contributed by atoms with Crippen molar-refractivity contribution in [2.75, 3.05) is 28.4 Å². The van der Waals surface area contributed by atoms with Crippen molar-refractivity contribution in [3.05, 3.63) is 0 Å². The molecule has 0 aromatic carbocycles. The fraction of sp³-hybridized carbons (Fsp3) is 1.00. The monoisotopic (exact) mass is 220 g/mol. The Morgan fingerprint density at radius 1 is 0.733 bits per heavy atom.